The first-order valence-electron chi connectivity index (χ1n) is 7.28. The second-order valence-corrected chi connectivity index (χ2v) is 5.44. The maximum Gasteiger partial charge on any atom is 0.416 e. The van der Waals surface area contributed by atoms with Gasteiger partial charge in [0.05, 0.1) is 23.8 Å². The first kappa shape index (κ1) is 14.8. The summed E-state index contributed by atoms with van der Waals surface area (Å²) in [6.07, 6.45) is -1.24. The Morgan fingerprint density at radius 3 is 2.75 bits per heavy atom. The van der Waals surface area contributed by atoms with Crippen molar-refractivity contribution < 1.29 is 22.6 Å². The molecule has 0 spiro atoms. The van der Waals surface area contributed by atoms with Crippen molar-refractivity contribution in [2.75, 3.05) is 6.61 Å². The van der Waals surface area contributed by atoms with Crippen LogP contribution in [0.25, 0.3) is 11.0 Å². The first-order chi connectivity index (χ1) is 11.5. The molecule has 0 saturated heterocycles. The van der Waals surface area contributed by atoms with Gasteiger partial charge >= 0.3 is 6.18 Å². The zero-order valence-electron chi connectivity index (χ0n) is 12.3. The highest BCUT2D eigenvalue weighted by Gasteiger charge is 2.30. The molecule has 4 rings (SSSR count). The second-order valence-electron chi connectivity index (χ2n) is 5.44. The van der Waals surface area contributed by atoms with E-state index in [1.54, 1.807) is 12.4 Å². The van der Waals surface area contributed by atoms with Crippen molar-refractivity contribution in [3.05, 3.63) is 48.3 Å². The number of fused-ring (bicyclic) bond motifs is 3. The molecular formula is C16H12F3N3O2. The molecule has 2 aromatic heterocycles. The van der Waals surface area contributed by atoms with E-state index in [9.17, 15) is 13.2 Å². The Morgan fingerprint density at radius 1 is 1.21 bits per heavy atom. The molecule has 5 nitrogen and oxygen atoms in total. The van der Waals surface area contributed by atoms with Crippen molar-refractivity contribution in [2.24, 2.45) is 0 Å². The van der Waals surface area contributed by atoms with Crippen molar-refractivity contribution in [3.63, 3.8) is 0 Å². The molecule has 24 heavy (non-hydrogen) atoms. The first-order valence-corrected chi connectivity index (χ1v) is 7.28. The van der Waals surface area contributed by atoms with Crippen molar-refractivity contribution in [2.45, 2.75) is 18.8 Å². The summed E-state index contributed by atoms with van der Waals surface area (Å²) in [7, 11) is 0. The fourth-order valence-electron chi connectivity index (χ4n) is 2.63. The van der Waals surface area contributed by atoms with Gasteiger partial charge in [-0.25, -0.2) is 0 Å². The minimum absolute atomic E-state index is 0.224. The fourth-order valence-corrected chi connectivity index (χ4v) is 2.63. The lowest BCUT2D eigenvalue weighted by Crippen LogP contribution is -2.23. The number of aromatic nitrogens is 3. The smallest absolute Gasteiger partial charge is 0.416 e. The van der Waals surface area contributed by atoms with Crippen LogP contribution in [0.1, 0.15) is 5.56 Å². The van der Waals surface area contributed by atoms with Gasteiger partial charge in [-0.3, -0.25) is 9.55 Å². The minimum Gasteiger partial charge on any atom is -0.490 e. The summed E-state index contributed by atoms with van der Waals surface area (Å²) in [5, 5.41) is 0. The minimum atomic E-state index is -4.35. The van der Waals surface area contributed by atoms with Crippen LogP contribution in [0, 0.1) is 0 Å². The largest absolute Gasteiger partial charge is 0.490 e. The lowest BCUT2D eigenvalue weighted by atomic mass is 10.2. The number of imidazole rings is 1. The Labute approximate surface area is 134 Å². The predicted octanol–water partition coefficient (Wildman–Crippen LogP) is 3.29. The Balaban J connectivity index is 1.40. The van der Waals surface area contributed by atoms with Gasteiger partial charge in [-0.05, 0) is 30.3 Å². The Morgan fingerprint density at radius 2 is 2.00 bits per heavy atom. The highest BCUT2D eigenvalue weighted by molar-refractivity contribution is 5.75. The lowest BCUT2D eigenvalue weighted by Gasteiger charge is -2.12. The number of halogens is 3. The number of hydrogen-bond donors (Lipinski definition) is 0. The lowest BCUT2D eigenvalue weighted by molar-refractivity contribution is -0.137. The molecule has 0 radical (unpaired) electrons. The molecule has 3 aromatic rings. The van der Waals surface area contributed by atoms with E-state index in [1.165, 1.54) is 12.1 Å². The third kappa shape index (κ3) is 2.64. The number of alkyl halides is 3. The van der Waals surface area contributed by atoms with E-state index in [2.05, 4.69) is 9.97 Å². The fraction of sp³-hybridized carbons (Fsp3) is 0.250. The van der Waals surface area contributed by atoms with E-state index in [0.29, 0.717) is 18.3 Å². The molecule has 1 aliphatic heterocycles. The molecule has 1 aliphatic rings. The van der Waals surface area contributed by atoms with Gasteiger partial charge in [0.15, 0.2) is 6.10 Å². The maximum atomic E-state index is 12.5. The van der Waals surface area contributed by atoms with Crippen LogP contribution < -0.4 is 9.47 Å². The van der Waals surface area contributed by atoms with Crippen LogP contribution in [0.3, 0.4) is 0 Å². The number of rotatable bonds is 3. The Kier molecular flexibility index (Phi) is 3.33. The summed E-state index contributed by atoms with van der Waals surface area (Å²) in [5.41, 5.74) is 0.985. The van der Waals surface area contributed by atoms with Gasteiger partial charge in [-0.15, -0.1) is 0 Å². The molecule has 124 valence electrons. The standard InChI is InChI=1S/C16H12F3N3O2/c17-16(18,19)10-1-3-11(4-2-10)23-9-12-8-22-14-5-6-20-7-13(14)21-15(22)24-12/h1-7,12H,8-9H2/t12-/m0/s1. The van der Waals surface area contributed by atoms with Gasteiger partial charge in [-0.2, -0.15) is 18.2 Å². The zero-order chi connectivity index (χ0) is 16.7. The molecule has 0 unspecified atom stereocenters. The van der Waals surface area contributed by atoms with Crippen molar-refractivity contribution >= 4 is 11.0 Å². The molecular weight excluding hydrogens is 323 g/mol. The average Bonchev–Trinajstić information content (AvgIpc) is 3.10. The van der Waals surface area contributed by atoms with Gasteiger partial charge in [0.25, 0.3) is 6.01 Å². The number of hydrogen-bond acceptors (Lipinski definition) is 4. The molecule has 0 saturated carbocycles. The second kappa shape index (κ2) is 5.40. The molecule has 8 heteroatoms. The summed E-state index contributed by atoms with van der Waals surface area (Å²) in [6, 6.07) is 6.95. The molecule has 0 fully saturated rings. The highest BCUT2D eigenvalue weighted by Crippen LogP contribution is 2.31. The Bertz CT molecular complexity index is 874. The van der Waals surface area contributed by atoms with Crippen LogP contribution >= 0.6 is 0 Å². The number of nitrogens with zero attached hydrogens (tertiary/aromatic N) is 3. The third-order valence-electron chi connectivity index (χ3n) is 3.79. The van der Waals surface area contributed by atoms with E-state index >= 15 is 0 Å². The van der Waals surface area contributed by atoms with Gasteiger partial charge in [0.2, 0.25) is 0 Å². The number of ether oxygens (including phenoxy) is 2. The molecule has 0 bridgehead atoms. The average molecular weight is 335 g/mol. The van der Waals surface area contributed by atoms with Crippen LogP contribution in [0.2, 0.25) is 0 Å². The molecule has 0 aliphatic carbocycles. The van der Waals surface area contributed by atoms with Crippen LogP contribution in [-0.2, 0) is 12.7 Å². The summed E-state index contributed by atoms with van der Waals surface area (Å²) >= 11 is 0. The van der Waals surface area contributed by atoms with Crippen LogP contribution in [0.15, 0.2) is 42.7 Å². The van der Waals surface area contributed by atoms with Crippen LogP contribution in [-0.4, -0.2) is 27.2 Å². The molecule has 1 aromatic carbocycles. The normalized spacial score (nSPS) is 16.9. The topological polar surface area (TPSA) is 49.2 Å². The molecule has 1 atom stereocenters. The van der Waals surface area contributed by atoms with E-state index in [0.717, 1.165) is 23.2 Å². The predicted molar refractivity (Wildman–Crippen MR) is 78.9 cm³/mol. The molecule has 0 N–H and O–H groups in total. The van der Waals surface area contributed by atoms with Gasteiger partial charge in [-0.1, -0.05) is 0 Å². The van der Waals surface area contributed by atoms with Crippen LogP contribution in [0.5, 0.6) is 11.8 Å². The number of pyridine rings is 1. The summed E-state index contributed by atoms with van der Waals surface area (Å²) in [6.45, 7) is 0.789. The summed E-state index contributed by atoms with van der Waals surface area (Å²) in [4.78, 5) is 8.34. The van der Waals surface area contributed by atoms with Gasteiger partial charge in [0, 0.05) is 6.20 Å². The van der Waals surface area contributed by atoms with E-state index in [4.69, 9.17) is 9.47 Å². The summed E-state index contributed by atoms with van der Waals surface area (Å²) in [5.74, 6) is 0.366. The van der Waals surface area contributed by atoms with Gasteiger partial charge < -0.3 is 9.47 Å². The van der Waals surface area contributed by atoms with E-state index < -0.39 is 11.7 Å². The zero-order valence-corrected chi connectivity index (χ0v) is 12.3. The highest BCUT2D eigenvalue weighted by atomic mass is 19.4. The van der Waals surface area contributed by atoms with Crippen molar-refractivity contribution in [3.8, 4) is 11.8 Å². The van der Waals surface area contributed by atoms with Crippen LogP contribution in [0.4, 0.5) is 13.2 Å². The van der Waals surface area contributed by atoms with Crippen molar-refractivity contribution in [1.29, 1.82) is 0 Å². The number of benzene rings is 1. The van der Waals surface area contributed by atoms with Gasteiger partial charge in [0.1, 0.15) is 17.9 Å². The van der Waals surface area contributed by atoms with E-state index in [1.807, 2.05) is 10.6 Å². The SMILES string of the molecule is FC(F)(F)c1ccc(OC[C@@H]2Cn3c(nc4cnccc43)O2)cc1. The Hall–Kier alpha value is -2.77. The summed E-state index contributed by atoms with van der Waals surface area (Å²) < 4.78 is 50.7. The quantitative estimate of drug-likeness (QED) is 0.737. The molecule has 3 heterocycles. The van der Waals surface area contributed by atoms with Crippen molar-refractivity contribution in [1.82, 2.24) is 14.5 Å². The maximum absolute atomic E-state index is 12.5. The monoisotopic (exact) mass is 335 g/mol. The van der Waals surface area contributed by atoms with E-state index in [-0.39, 0.29) is 12.7 Å². The molecule has 0 amide bonds. The third-order valence-corrected chi connectivity index (χ3v) is 3.79.